The van der Waals surface area contributed by atoms with E-state index in [1.54, 1.807) is 17.8 Å². The predicted molar refractivity (Wildman–Crippen MR) is 126 cm³/mol. The molecule has 31 heavy (non-hydrogen) atoms. The van der Waals surface area contributed by atoms with Gasteiger partial charge in [-0.1, -0.05) is 58.4 Å². The van der Waals surface area contributed by atoms with Crippen LogP contribution in [-0.2, 0) is 27.2 Å². The van der Waals surface area contributed by atoms with Crippen LogP contribution < -0.4 is 0 Å². The number of hydrogen-bond acceptors (Lipinski definition) is 4. The van der Waals surface area contributed by atoms with E-state index >= 15 is 0 Å². The van der Waals surface area contributed by atoms with Gasteiger partial charge < -0.3 is 9.64 Å². The first kappa shape index (κ1) is 19.4. The molecule has 3 atom stereocenters. The van der Waals surface area contributed by atoms with Crippen molar-refractivity contribution in [2.24, 2.45) is 5.92 Å². The molecule has 1 amide bonds. The SMILES string of the molecule is O=C1O[C@H]2C=CC(Br)=C[C@@H]2C=C1C(=O)N1CCS[C@@H]1c1ccc2c3c(cccc13)CC2. The number of carbonyl (C=O) groups excluding carboxylic acids is 2. The Morgan fingerprint density at radius 1 is 1.13 bits per heavy atom. The number of benzene rings is 2. The van der Waals surface area contributed by atoms with E-state index in [1.807, 2.05) is 23.1 Å². The van der Waals surface area contributed by atoms with Gasteiger partial charge in [0.1, 0.15) is 17.1 Å². The summed E-state index contributed by atoms with van der Waals surface area (Å²) in [5.41, 5.74) is 4.08. The van der Waals surface area contributed by atoms with Gasteiger partial charge in [0.15, 0.2) is 0 Å². The largest absolute Gasteiger partial charge is 0.453 e. The van der Waals surface area contributed by atoms with E-state index in [1.165, 1.54) is 21.9 Å². The molecule has 4 aliphatic rings. The van der Waals surface area contributed by atoms with Crippen LogP contribution in [0, 0.1) is 5.92 Å². The summed E-state index contributed by atoms with van der Waals surface area (Å²) >= 11 is 5.24. The number of hydrogen-bond donors (Lipinski definition) is 0. The number of aryl methyl sites for hydroxylation is 2. The van der Waals surface area contributed by atoms with Crippen LogP contribution in [0.1, 0.15) is 22.1 Å². The number of nitrogens with zero attached hydrogens (tertiary/aromatic N) is 1. The highest BCUT2D eigenvalue weighted by Gasteiger charge is 2.39. The summed E-state index contributed by atoms with van der Waals surface area (Å²) in [4.78, 5) is 28.0. The Bertz CT molecular complexity index is 1220. The van der Waals surface area contributed by atoms with Crippen molar-refractivity contribution in [1.29, 1.82) is 0 Å². The van der Waals surface area contributed by atoms with Crippen LogP contribution in [0.4, 0.5) is 0 Å². The van der Waals surface area contributed by atoms with Crippen molar-refractivity contribution in [3.8, 4) is 0 Å². The molecule has 0 radical (unpaired) electrons. The van der Waals surface area contributed by atoms with Gasteiger partial charge in [0.2, 0.25) is 0 Å². The molecule has 0 unspecified atom stereocenters. The summed E-state index contributed by atoms with van der Waals surface area (Å²) in [5, 5.41) is 2.48. The molecule has 0 N–H and O–H groups in total. The molecule has 0 spiro atoms. The van der Waals surface area contributed by atoms with Crippen LogP contribution >= 0.6 is 27.7 Å². The minimum Gasteiger partial charge on any atom is -0.453 e. The van der Waals surface area contributed by atoms with Crippen LogP contribution in [0.3, 0.4) is 0 Å². The van der Waals surface area contributed by atoms with Gasteiger partial charge in [0, 0.05) is 22.7 Å². The van der Waals surface area contributed by atoms with Crippen molar-refractivity contribution in [3.05, 3.63) is 81.4 Å². The van der Waals surface area contributed by atoms with E-state index in [2.05, 4.69) is 46.3 Å². The maximum atomic E-state index is 13.5. The zero-order valence-electron chi connectivity index (χ0n) is 16.7. The van der Waals surface area contributed by atoms with Gasteiger partial charge in [-0.15, -0.1) is 11.8 Å². The van der Waals surface area contributed by atoms with Gasteiger partial charge in [0.05, 0.1) is 0 Å². The molecule has 156 valence electrons. The van der Waals surface area contributed by atoms with Crippen LogP contribution in [0.5, 0.6) is 0 Å². The third-order valence-corrected chi connectivity index (χ3v) is 8.33. The molecule has 0 saturated carbocycles. The molecule has 2 aromatic rings. The Kier molecular flexibility index (Phi) is 4.62. The van der Waals surface area contributed by atoms with E-state index in [4.69, 9.17) is 4.74 Å². The standard InChI is InChI=1S/C25H20BrNO3S/c26-17-7-9-21-16(12-17)13-20(25(29)30-21)23(28)27-10-11-31-24(27)19-8-6-15-5-4-14-2-1-3-18(19)22(14)15/h1-3,6-9,12-13,16,21,24H,4-5,10-11H2/t16-,21+,24-/m1/s1. The number of amides is 1. The fraction of sp³-hybridized carbons (Fsp3) is 0.280. The van der Waals surface area contributed by atoms with Gasteiger partial charge in [-0.05, 0) is 52.5 Å². The average Bonchev–Trinajstić information content (AvgIpc) is 3.42. The lowest BCUT2D eigenvalue weighted by molar-refractivity contribution is -0.147. The van der Waals surface area contributed by atoms with E-state index < -0.39 is 5.97 Å². The van der Waals surface area contributed by atoms with Gasteiger partial charge >= 0.3 is 5.97 Å². The molecule has 2 aliphatic carbocycles. The number of thioether (sulfide) groups is 1. The smallest absolute Gasteiger partial charge is 0.344 e. The van der Waals surface area contributed by atoms with Crippen molar-refractivity contribution in [2.45, 2.75) is 24.3 Å². The van der Waals surface area contributed by atoms with Crippen molar-refractivity contribution in [1.82, 2.24) is 4.90 Å². The second-order valence-electron chi connectivity index (χ2n) is 8.31. The Labute approximate surface area is 193 Å². The molecular formula is C25H20BrNO3S. The Balaban J connectivity index is 1.37. The van der Waals surface area contributed by atoms with E-state index in [0.29, 0.717) is 6.54 Å². The number of esters is 1. The second kappa shape index (κ2) is 7.38. The van der Waals surface area contributed by atoms with Crippen molar-refractivity contribution < 1.29 is 14.3 Å². The molecule has 4 nitrogen and oxygen atoms in total. The number of fused-ring (bicyclic) bond motifs is 1. The number of halogens is 1. The monoisotopic (exact) mass is 493 g/mol. The van der Waals surface area contributed by atoms with Crippen molar-refractivity contribution in [3.63, 3.8) is 0 Å². The summed E-state index contributed by atoms with van der Waals surface area (Å²) in [7, 11) is 0. The third-order valence-electron chi connectivity index (χ3n) is 6.56. The van der Waals surface area contributed by atoms with E-state index in [9.17, 15) is 9.59 Å². The average molecular weight is 494 g/mol. The van der Waals surface area contributed by atoms with Gasteiger partial charge in [-0.3, -0.25) is 4.79 Å². The maximum absolute atomic E-state index is 13.5. The molecular weight excluding hydrogens is 474 g/mol. The molecule has 6 heteroatoms. The fourth-order valence-corrected chi connectivity index (χ4v) is 6.84. The van der Waals surface area contributed by atoms with Crippen molar-refractivity contribution >= 4 is 50.3 Å². The third kappa shape index (κ3) is 3.11. The molecule has 1 saturated heterocycles. The first-order valence-electron chi connectivity index (χ1n) is 10.5. The molecule has 0 aromatic heterocycles. The van der Waals surface area contributed by atoms with E-state index in [-0.39, 0.29) is 28.9 Å². The van der Waals surface area contributed by atoms with Gasteiger partial charge in [0.25, 0.3) is 5.91 Å². The Morgan fingerprint density at radius 3 is 2.84 bits per heavy atom. The molecule has 2 heterocycles. The number of allylic oxidation sites excluding steroid dienone is 2. The first-order chi connectivity index (χ1) is 15.1. The first-order valence-corrected chi connectivity index (χ1v) is 12.4. The Hall–Kier alpha value is -2.31. The maximum Gasteiger partial charge on any atom is 0.344 e. The summed E-state index contributed by atoms with van der Waals surface area (Å²) in [6, 6.07) is 10.9. The van der Waals surface area contributed by atoms with Crippen LogP contribution in [0.2, 0.25) is 0 Å². The highest BCUT2D eigenvalue weighted by atomic mass is 79.9. The van der Waals surface area contributed by atoms with Crippen LogP contribution in [-0.4, -0.2) is 35.2 Å². The Morgan fingerprint density at radius 2 is 1.97 bits per heavy atom. The summed E-state index contributed by atoms with van der Waals surface area (Å²) in [6.07, 6.45) is 9.29. The molecule has 6 rings (SSSR count). The number of carbonyl (C=O) groups is 2. The molecule has 1 fully saturated rings. The van der Waals surface area contributed by atoms with Crippen molar-refractivity contribution in [2.75, 3.05) is 12.3 Å². The summed E-state index contributed by atoms with van der Waals surface area (Å²) in [6.45, 7) is 0.620. The predicted octanol–water partition coefficient (Wildman–Crippen LogP) is 4.83. The molecule has 2 aliphatic heterocycles. The van der Waals surface area contributed by atoms with Crippen LogP contribution in [0.25, 0.3) is 10.8 Å². The zero-order chi connectivity index (χ0) is 21.1. The summed E-state index contributed by atoms with van der Waals surface area (Å²) < 4.78 is 6.50. The lowest BCUT2D eigenvalue weighted by Crippen LogP contribution is -2.39. The van der Waals surface area contributed by atoms with Gasteiger partial charge in [-0.25, -0.2) is 4.79 Å². The quantitative estimate of drug-likeness (QED) is 0.444. The minimum absolute atomic E-state index is 0.0997. The highest BCUT2D eigenvalue weighted by molar-refractivity contribution is 9.11. The molecule has 0 bridgehead atoms. The van der Waals surface area contributed by atoms with Gasteiger partial charge in [-0.2, -0.15) is 0 Å². The highest BCUT2D eigenvalue weighted by Crippen LogP contribution is 2.44. The number of rotatable bonds is 2. The fourth-order valence-electron chi connectivity index (χ4n) is 5.09. The second-order valence-corrected chi connectivity index (χ2v) is 10.4. The zero-order valence-corrected chi connectivity index (χ0v) is 19.1. The topological polar surface area (TPSA) is 46.6 Å². The minimum atomic E-state index is -0.529. The van der Waals surface area contributed by atoms with Crippen LogP contribution in [0.15, 0.2) is 64.7 Å². The molecule has 2 aromatic carbocycles. The number of ether oxygens (including phenoxy) is 1. The summed E-state index contributed by atoms with van der Waals surface area (Å²) in [5.74, 6) is -0.0391. The normalized spacial score (nSPS) is 26.5. The lowest BCUT2D eigenvalue weighted by Gasteiger charge is -2.31. The lowest BCUT2D eigenvalue weighted by atomic mass is 9.92. The van der Waals surface area contributed by atoms with E-state index in [0.717, 1.165) is 28.6 Å².